The van der Waals surface area contributed by atoms with Gasteiger partial charge in [-0.2, -0.15) is 16.1 Å². The normalized spacial score (nSPS) is 19.4. The fraction of sp³-hybridized carbons (Fsp3) is 0.462. The molecule has 0 spiro atoms. The maximum absolute atomic E-state index is 13.9. The van der Waals surface area contributed by atoms with Gasteiger partial charge in [0, 0.05) is 23.6 Å². The summed E-state index contributed by atoms with van der Waals surface area (Å²) in [6.45, 7) is 4.73. The smallest absolute Gasteiger partial charge is 0.243 e. The SMILES string of the molecule is CC1(C)CN(S(=O)(=O)c2cccc(F)c2C(N)=S)CCS1. The second-order valence-electron chi connectivity index (χ2n) is 5.42. The molecule has 0 bridgehead atoms. The van der Waals surface area contributed by atoms with Crippen LogP contribution in [0.3, 0.4) is 0 Å². The lowest BCUT2D eigenvalue weighted by Crippen LogP contribution is -2.46. The molecule has 0 unspecified atom stereocenters. The third kappa shape index (κ3) is 3.39. The number of sulfonamides is 1. The van der Waals surface area contributed by atoms with Gasteiger partial charge in [-0.3, -0.25) is 0 Å². The van der Waals surface area contributed by atoms with E-state index in [9.17, 15) is 12.8 Å². The van der Waals surface area contributed by atoms with E-state index < -0.39 is 15.8 Å². The van der Waals surface area contributed by atoms with E-state index in [4.69, 9.17) is 18.0 Å². The molecule has 0 aliphatic carbocycles. The molecule has 0 atom stereocenters. The summed E-state index contributed by atoms with van der Waals surface area (Å²) < 4.78 is 40.7. The first kappa shape index (κ1) is 16.7. The van der Waals surface area contributed by atoms with Crippen LogP contribution in [-0.4, -0.2) is 41.3 Å². The molecule has 0 saturated carbocycles. The Hall–Kier alpha value is -0.700. The lowest BCUT2D eigenvalue weighted by Gasteiger charge is -2.36. The average molecular weight is 348 g/mol. The molecule has 1 aromatic carbocycles. The zero-order chi connectivity index (χ0) is 15.8. The van der Waals surface area contributed by atoms with Crippen LogP contribution in [0.25, 0.3) is 0 Å². The van der Waals surface area contributed by atoms with Gasteiger partial charge in [0.25, 0.3) is 0 Å². The molecule has 1 aliphatic heterocycles. The fourth-order valence-electron chi connectivity index (χ4n) is 2.28. The van der Waals surface area contributed by atoms with Crippen molar-refractivity contribution in [2.24, 2.45) is 5.73 Å². The number of thiocarbonyl (C=S) groups is 1. The van der Waals surface area contributed by atoms with Gasteiger partial charge in [-0.05, 0) is 26.0 Å². The number of rotatable bonds is 3. The van der Waals surface area contributed by atoms with Crippen LogP contribution in [0.2, 0.25) is 0 Å². The van der Waals surface area contributed by atoms with E-state index in [0.717, 1.165) is 6.07 Å². The van der Waals surface area contributed by atoms with Crippen LogP contribution >= 0.6 is 24.0 Å². The highest BCUT2D eigenvalue weighted by molar-refractivity contribution is 8.00. The van der Waals surface area contributed by atoms with Gasteiger partial charge in [-0.1, -0.05) is 18.3 Å². The highest BCUT2D eigenvalue weighted by Crippen LogP contribution is 2.33. The Labute approximate surface area is 133 Å². The maximum atomic E-state index is 13.9. The lowest BCUT2D eigenvalue weighted by atomic mass is 10.2. The van der Waals surface area contributed by atoms with Gasteiger partial charge in [0.05, 0.1) is 10.5 Å². The highest BCUT2D eigenvalue weighted by Gasteiger charge is 2.36. The van der Waals surface area contributed by atoms with Gasteiger partial charge >= 0.3 is 0 Å². The van der Waals surface area contributed by atoms with Crippen molar-refractivity contribution >= 4 is 39.0 Å². The third-order valence-electron chi connectivity index (χ3n) is 3.23. The Kier molecular flexibility index (Phi) is 4.63. The van der Waals surface area contributed by atoms with Crippen molar-refractivity contribution in [1.82, 2.24) is 4.31 Å². The van der Waals surface area contributed by atoms with Crippen LogP contribution in [-0.2, 0) is 10.0 Å². The van der Waals surface area contributed by atoms with Crippen LogP contribution in [0.1, 0.15) is 19.4 Å². The van der Waals surface area contributed by atoms with E-state index in [1.807, 2.05) is 13.8 Å². The number of hydrogen-bond acceptors (Lipinski definition) is 4. The minimum Gasteiger partial charge on any atom is -0.389 e. The summed E-state index contributed by atoms with van der Waals surface area (Å²) in [5, 5.41) is 0. The van der Waals surface area contributed by atoms with Gasteiger partial charge in [0.1, 0.15) is 10.8 Å². The maximum Gasteiger partial charge on any atom is 0.243 e. The van der Waals surface area contributed by atoms with Crippen molar-refractivity contribution in [3.8, 4) is 0 Å². The molecule has 2 N–H and O–H groups in total. The Morgan fingerprint density at radius 2 is 2.14 bits per heavy atom. The predicted octanol–water partition coefficient (Wildman–Crippen LogP) is 1.98. The van der Waals surface area contributed by atoms with Crippen molar-refractivity contribution in [3.63, 3.8) is 0 Å². The van der Waals surface area contributed by atoms with Crippen molar-refractivity contribution in [1.29, 1.82) is 0 Å². The molecule has 1 fully saturated rings. The molecule has 4 nitrogen and oxygen atoms in total. The number of nitrogens with zero attached hydrogens (tertiary/aromatic N) is 1. The van der Waals surface area contributed by atoms with Gasteiger partial charge in [0.15, 0.2) is 0 Å². The van der Waals surface area contributed by atoms with Gasteiger partial charge in [0.2, 0.25) is 10.0 Å². The summed E-state index contributed by atoms with van der Waals surface area (Å²) in [5.74, 6) is -0.0153. The quantitative estimate of drug-likeness (QED) is 0.846. The molecule has 2 rings (SSSR count). The first-order valence-corrected chi connectivity index (χ1v) is 9.21. The first-order chi connectivity index (χ1) is 9.65. The molecule has 1 aliphatic rings. The van der Waals surface area contributed by atoms with E-state index in [0.29, 0.717) is 18.8 Å². The van der Waals surface area contributed by atoms with Gasteiger partial charge in [-0.15, -0.1) is 0 Å². The molecule has 1 heterocycles. The van der Waals surface area contributed by atoms with Crippen molar-refractivity contribution in [3.05, 3.63) is 29.6 Å². The van der Waals surface area contributed by atoms with Crippen molar-refractivity contribution in [2.75, 3.05) is 18.8 Å². The van der Waals surface area contributed by atoms with E-state index in [1.54, 1.807) is 11.8 Å². The monoisotopic (exact) mass is 348 g/mol. The summed E-state index contributed by atoms with van der Waals surface area (Å²) in [4.78, 5) is -0.407. The molecule has 8 heteroatoms. The summed E-state index contributed by atoms with van der Waals surface area (Å²) in [6, 6.07) is 3.86. The minimum atomic E-state index is -3.82. The Morgan fingerprint density at radius 1 is 1.48 bits per heavy atom. The number of thioether (sulfide) groups is 1. The topological polar surface area (TPSA) is 63.4 Å². The van der Waals surface area contributed by atoms with Crippen LogP contribution in [0, 0.1) is 5.82 Å². The number of benzene rings is 1. The summed E-state index contributed by atoms with van der Waals surface area (Å²) in [5.41, 5.74) is 5.29. The third-order valence-corrected chi connectivity index (χ3v) is 6.62. The zero-order valence-corrected chi connectivity index (χ0v) is 14.2. The Bertz CT molecular complexity index is 674. The van der Waals surface area contributed by atoms with Gasteiger partial charge < -0.3 is 5.73 Å². The first-order valence-electron chi connectivity index (χ1n) is 6.37. The number of halogens is 1. The molecule has 0 amide bonds. The Morgan fingerprint density at radius 3 is 2.71 bits per heavy atom. The molecular weight excluding hydrogens is 331 g/mol. The van der Waals surface area contributed by atoms with E-state index in [1.165, 1.54) is 16.4 Å². The average Bonchev–Trinajstić information content (AvgIpc) is 2.36. The molecule has 116 valence electrons. The van der Waals surface area contributed by atoms with Crippen LogP contribution < -0.4 is 5.73 Å². The number of hydrogen-bond donors (Lipinski definition) is 1. The second-order valence-corrected chi connectivity index (χ2v) is 9.57. The molecule has 0 radical (unpaired) electrons. The minimum absolute atomic E-state index is 0.155. The largest absolute Gasteiger partial charge is 0.389 e. The second kappa shape index (κ2) is 5.83. The van der Waals surface area contributed by atoms with E-state index in [2.05, 4.69) is 0 Å². The zero-order valence-electron chi connectivity index (χ0n) is 11.8. The summed E-state index contributed by atoms with van der Waals surface area (Å²) in [7, 11) is -3.82. The van der Waals surface area contributed by atoms with Crippen molar-refractivity contribution in [2.45, 2.75) is 23.5 Å². The molecular formula is C13H17FN2O2S3. The molecule has 1 saturated heterocycles. The standard InChI is InChI=1S/C13H17FN2O2S3/c1-13(2)8-16(6-7-20-13)21(17,18)10-5-3-4-9(14)11(10)12(15)19/h3-5H,6-8H2,1-2H3,(H2,15,19). The lowest BCUT2D eigenvalue weighted by molar-refractivity contribution is 0.387. The van der Waals surface area contributed by atoms with Crippen LogP contribution in [0.4, 0.5) is 4.39 Å². The molecule has 21 heavy (non-hydrogen) atoms. The molecule has 0 aromatic heterocycles. The Balaban J connectivity index is 2.50. The summed E-state index contributed by atoms with van der Waals surface area (Å²) in [6.07, 6.45) is 0. The summed E-state index contributed by atoms with van der Waals surface area (Å²) >= 11 is 6.52. The predicted molar refractivity (Wildman–Crippen MR) is 87.6 cm³/mol. The van der Waals surface area contributed by atoms with Crippen LogP contribution in [0.5, 0.6) is 0 Å². The van der Waals surface area contributed by atoms with E-state index >= 15 is 0 Å². The fourth-order valence-corrected chi connectivity index (χ4v) is 5.68. The van der Waals surface area contributed by atoms with Gasteiger partial charge in [-0.25, -0.2) is 12.8 Å². The van der Waals surface area contributed by atoms with E-state index in [-0.39, 0.29) is 20.2 Å². The van der Waals surface area contributed by atoms with Crippen LogP contribution in [0.15, 0.2) is 23.1 Å². The number of nitrogens with two attached hydrogens (primary N) is 1. The molecule has 1 aromatic rings. The van der Waals surface area contributed by atoms with Crippen molar-refractivity contribution < 1.29 is 12.8 Å². The highest BCUT2D eigenvalue weighted by atomic mass is 32.2.